The summed E-state index contributed by atoms with van der Waals surface area (Å²) in [7, 11) is 0. The zero-order valence-electron chi connectivity index (χ0n) is 26.8. The third-order valence-electron chi connectivity index (χ3n) is 9.35. The topological polar surface area (TPSA) is 151 Å². The van der Waals surface area contributed by atoms with Crippen molar-refractivity contribution in [1.82, 2.24) is 10.6 Å². The number of ether oxygens (including phenoxy) is 2. The van der Waals surface area contributed by atoms with Crippen molar-refractivity contribution in [1.29, 1.82) is 0 Å². The number of alkyl carbamates (subject to hydrolysis) is 2. The molecular weight excluding hydrogens is 624 g/mol. The highest BCUT2D eigenvalue weighted by molar-refractivity contribution is 5.82. The Labute approximate surface area is 284 Å². The van der Waals surface area contributed by atoms with E-state index in [0.29, 0.717) is 19.3 Å². The molecule has 4 aromatic carbocycles. The smallest absolute Gasteiger partial charge is 0.407 e. The minimum atomic E-state index is -1.19. The van der Waals surface area contributed by atoms with Gasteiger partial charge in [0.1, 0.15) is 25.3 Å². The molecule has 0 aromatic heterocycles. The lowest BCUT2D eigenvalue weighted by atomic mass is 9.98. The number of amides is 2. The highest BCUT2D eigenvalue weighted by Crippen LogP contribution is 2.45. The maximum atomic E-state index is 12.6. The fourth-order valence-corrected chi connectivity index (χ4v) is 6.95. The first-order valence-electron chi connectivity index (χ1n) is 16.5. The molecule has 2 aliphatic rings. The molecule has 252 valence electrons. The number of rotatable bonds is 14. The molecule has 10 heteroatoms. The molecule has 2 atom stereocenters. The van der Waals surface area contributed by atoms with E-state index in [4.69, 9.17) is 9.47 Å². The largest absolute Gasteiger partial charge is 0.480 e. The molecule has 2 aliphatic carbocycles. The van der Waals surface area contributed by atoms with Crippen molar-refractivity contribution in [2.75, 3.05) is 13.2 Å². The number of carboxylic acids is 2. The normalized spacial score (nSPS) is 14.0. The molecule has 0 radical (unpaired) electrons. The average molecular weight is 663 g/mol. The van der Waals surface area contributed by atoms with Gasteiger partial charge in [0, 0.05) is 11.8 Å². The van der Waals surface area contributed by atoms with E-state index in [-0.39, 0.29) is 37.9 Å². The first-order chi connectivity index (χ1) is 23.8. The third kappa shape index (κ3) is 7.43. The van der Waals surface area contributed by atoms with Crippen LogP contribution in [0.3, 0.4) is 0 Å². The van der Waals surface area contributed by atoms with Crippen molar-refractivity contribution < 1.29 is 38.9 Å². The number of aliphatic carboxylic acids is 2. The van der Waals surface area contributed by atoms with E-state index in [1.807, 2.05) is 97.1 Å². The summed E-state index contributed by atoms with van der Waals surface area (Å²) in [5.41, 5.74) is 8.59. The van der Waals surface area contributed by atoms with Gasteiger partial charge in [0.25, 0.3) is 0 Å². The number of carbonyl (C=O) groups is 4. The van der Waals surface area contributed by atoms with Crippen LogP contribution in [-0.2, 0) is 19.1 Å². The van der Waals surface area contributed by atoms with Crippen molar-refractivity contribution in [2.45, 2.75) is 56.0 Å². The second kappa shape index (κ2) is 15.1. The van der Waals surface area contributed by atoms with E-state index < -0.39 is 36.2 Å². The van der Waals surface area contributed by atoms with Gasteiger partial charge in [-0.05, 0) is 57.3 Å². The molecule has 49 heavy (non-hydrogen) atoms. The van der Waals surface area contributed by atoms with Gasteiger partial charge in [-0.1, -0.05) is 116 Å². The molecule has 0 bridgehead atoms. The molecule has 0 spiro atoms. The fraction of sp³-hybridized carbons (Fsp3) is 0.282. The maximum Gasteiger partial charge on any atom is 0.407 e. The number of carbonyl (C=O) groups excluding carboxylic acids is 2. The third-order valence-corrected chi connectivity index (χ3v) is 9.35. The lowest BCUT2D eigenvalue weighted by Crippen LogP contribution is -2.41. The summed E-state index contributed by atoms with van der Waals surface area (Å²) in [5.74, 6) is -2.67. The van der Waals surface area contributed by atoms with Crippen LogP contribution in [0.15, 0.2) is 97.1 Å². The van der Waals surface area contributed by atoms with Crippen molar-refractivity contribution in [2.24, 2.45) is 0 Å². The Morgan fingerprint density at radius 1 is 0.510 bits per heavy atom. The van der Waals surface area contributed by atoms with E-state index >= 15 is 0 Å². The average Bonchev–Trinajstić information content (AvgIpc) is 3.61. The molecule has 10 nitrogen and oxygen atoms in total. The first kappa shape index (κ1) is 33.3. The van der Waals surface area contributed by atoms with Gasteiger partial charge in [-0.3, -0.25) is 0 Å². The maximum absolute atomic E-state index is 12.6. The minimum absolute atomic E-state index is 0.0689. The van der Waals surface area contributed by atoms with E-state index in [2.05, 4.69) is 10.6 Å². The van der Waals surface area contributed by atoms with Gasteiger partial charge in [0.05, 0.1) is 0 Å². The number of unbranched alkanes of at least 4 members (excludes halogenated alkanes) is 2. The molecule has 0 unspecified atom stereocenters. The summed E-state index contributed by atoms with van der Waals surface area (Å²) in [6.45, 7) is 0.138. The minimum Gasteiger partial charge on any atom is -0.480 e. The fourth-order valence-electron chi connectivity index (χ4n) is 6.95. The predicted octanol–water partition coefficient (Wildman–Crippen LogP) is 6.92. The van der Waals surface area contributed by atoms with Gasteiger partial charge in [0.15, 0.2) is 0 Å². The number of hydrogen-bond donors (Lipinski definition) is 4. The van der Waals surface area contributed by atoms with Gasteiger partial charge < -0.3 is 30.3 Å². The zero-order valence-corrected chi connectivity index (χ0v) is 26.8. The molecule has 6 rings (SSSR count). The van der Waals surface area contributed by atoms with Gasteiger partial charge >= 0.3 is 24.1 Å². The van der Waals surface area contributed by atoms with Crippen LogP contribution in [0, 0.1) is 0 Å². The SMILES string of the molecule is O=C(N[C@@H](CCCCC[C@H](NC(=O)OCC1c2ccccc2-c2ccccc21)C(=O)O)C(=O)O)OCC1c2ccccc2-c2ccccc21. The van der Waals surface area contributed by atoms with Crippen LogP contribution in [-0.4, -0.2) is 59.6 Å². The number of nitrogens with one attached hydrogen (secondary N) is 2. The molecule has 0 heterocycles. The van der Waals surface area contributed by atoms with Crippen molar-refractivity contribution in [3.8, 4) is 22.3 Å². The van der Waals surface area contributed by atoms with Crippen molar-refractivity contribution in [3.05, 3.63) is 119 Å². The van der Waals surface area contributed by atoms with E-state index in [1.54, 1.807) is 0 Å². The quantitative estimate of drug-likeness (QED) is 0.106. The van der Waals surface area contributed by atoms with Crippen LogP contribution >= 0.6 is 0 Å². The summed E-state index contributed by atoms with van der Waals surface area (Å²) < 4.78 is 11.0. The summed E-state index contributed by atoms with van der Waals surface area (Å²) in [4.78, 5) is 49.1. The number of benzene rings is 4. The Kier molecular flexibility index (Phi) is 10.2. The van der Waals surface area contributed by atoms with Crippen LogP contribution in [0.5, 0.6) is 0 Å². The molecule has 0 fully saturated rings. The van der Waals surface area contributed by atoms with E-state index in [9.17, 15) is 29.4 Å². The predicted molar refractivity (Wildman–Crippen MR) is 182 cm³/mol. The molecule has 2 amide bonds. The second-order valence-corrected chi connectivity index (χ2v) is 12.4. The number of carboxylic acid groups (broad SMARTS) is 2. The summed E-state index contributed by atoms with van der Waals surface area (Å²) in [6.07, 6.45) is -0.0315. The van der Waals surface area contributed by atoms with Crippen molar-refractivity contribution in [3.63, 3.8) is 0 Å². The molecule has 0 saturated carbocycles. The lowest BCUT2D eigenvalue weighted by Gasteiger charge is -2.18. The first-order valence-corrected chi connectivity index (χ1v) is 16.5. The highest BCUT2D eigenvalue weighted by Gasteiger charge is 2.31. The summed E-state index contributed by atoms with van der Waals surface area (Å²) in [5, 5.41) is 24.3. The molecular formula is C39H38N2O8. The monoisotopic (exact) mass is 662 g/mol. The van der Waals surface area contributed by atoms with Crippen LogP contribution in [0.1, 0.15) is 66.2 Å². The second-order valence-electron chi connectivity index (χ2n) is 12.4. The zero-order chi connectivity index (χ0) is 34.3. The lowest BCUT2D eigenvalue weighted by molar-refractivity contribution is -0.140. The van der Waals surface area contributed by atoms with Crippen LogP contribution < -0.4 is 10.6 Å². The highest BCUT2D eigenvalue weighted by atomic mass is 16.6. The van der Waals surface area contributed by atoms with Gasteiger partial charge in [-0.15, -0.1) is 0 Å². The molecule has 4 N–H and O–H groups in total. The van der Waals surface area contributed by atoms with Crippen LogP contribution in [0.2, 0.25) is 0 Å². The summed E-state index contributed by atoms with van der Waals surface area (Å²) >= 11 is 0. The Morgan fingerprint density at radius 3 is 1.12 bits per heavy atom. The molecule has 4 aromatic rings. The Bertz CT molecular complexity index is 1630. The number of fused-ring (bicyclic) bond motifs is 6. The van der Waals surface area contributed by atoms with Crippen LogP contribution in [0.25, 0.3) is 22.3 Å². The van der Waals surface area contributed by atoms with E-state index in [0.717, 1.165) is 44.5 Å². The summed E-state index contributed by atoms with van der Waals surface area (Å²) in [6, 6.07) is 29.4. The van der Waals surface area contributed by atoms with Gasteiger partial charge in [-0.2, -0.15) is 0 Å². The van der Waals surface area contributed by atoms with E-state index in [1.165, 1.54) is 0 Å². The Morgan fingerprint density at radius 2 is 0.816 bits per heavy atom. The molecule has 0 saturated heterocycles. The Balaban J connectivity index is 0.929. The Hall–Kier alpha value is -5.64. The van der Waals surface area contributed by atoms with Gasteiger partial charge in [-0.25, -0.2) is 19.2 Å². The molecule has 0 aliphatic heterocycles. The standard InChI is InChI=1S/C39H38N2O8/c42-36(43)34(40-38(46)48-22-32-28-16-8-4-12-24(28)25-13-5-9-17-29(25)32)20-2-1-3-21-35(37(44)45)41-39(47)49-23-33-30-18-10-6-14-26(30)27-15-7-11-19-31(27)33/h4-19,32-35H,1-3,20-23H2,(H,40,46)(H,41,47)(H,42,43)(H,44,45)/t34-,35-/m0/s1. The van der Waals surface area contributed by atoms with Crippen molar-refractivity contribution >= 4 is 24.1 Å². The van der Waals surface area contributed by atoms with Crippen LogP contribution in [0.4, 0.5) is 9.59 Å². The van der Waals surface area contributed by atoms with Gasteiger partial charge in [0.2, 0.25) is 0 Å². The number of hydrogen-bond acceptors (Lipinski definition) is 6.